The summed E-state index contributed by atoms with van der Waals surface area (Å²) in [5, 5.41) is 20.9. The fourth-order valence-electron chi connectivity index (χ4n) is 1.53. The summed E-state index contributed by atoms with van der Waals surface area (Å²) in [4.78, 5) is 0. The van der Waals surface area contributed by atoms with Gasteiger partial charge in [0, 0.05) is 18.7 Å². The van der Waals surface area contributed by atoms with Crippen LogP contribution in [0.5, 0.6) is 11.5 Å². The third-order valence-corrected chi connectivity index (χ3v) is 2.39. The summed E-state index contributed by atoms with van der Waals surface area (Å²) in [5.74, 6) is 1.36. The van der Waals surface area contributed by atoms with Gasteiger partial charge in [0.1, 0.15) is 0 Å². The number of para-hydroxylation sites is 1. The first-order valence-electron chi connectivity index (χ1n) is 5.42. The Bertz CT molecular complexity index is 343. The average Bonchev–Trinajstić information content (AvgIpc) is 2.37. The maximum absolute atomic E-state index is 9.19. The van der Waals surface area contributed by atoms with E-state index in [1.807, 2.05) is 18.2 Å². The van der Waals surface area contributed by atoms with Crippen LogP contribution in [0.3, 0.4) is 0 Å². The lowest BCUT2D eigenvalue weighted by atomic mass is 10.2. The first kappa shape index (κ1) is 13.8. The Morgan fingerprint density at radius 1 is 1.29 bits per heavy atom. The van der Waals surface area contributed by atoms with Crippen molar-refractivity contribution in [3.05, 3.63) is 23.8 Å². The molecule has 1 aromatic rings. The molecule has 0 aromatic heterocycles. The molecule has 0 saturated heterocycles. The topological polar surface area (TPSA) is 71.0 Å². The summed E-state index contributed by atoms with van der Waals surface area (Å²) in [6.07, 6.45) is -0.744. The molecular formula is C12H19NO4. The Labute approximate surface area is 101 Å². The molecule has 0 spiro atoms. The summed E-state index contributed by atoms with van der Waals surface area (Å²) in [6.45, 7) is 0.622. The number of aliphatic hydroxyl groups excluding tert-OH is 2. The molecule has 17 heavy (non-hydrogen) atoms. The van der Waals surface area contributed by atoms with E-state index in [2.05, 4.69) is 5.32 Å². The zero-order valence-corrected chi connectivity index (χ0v) is 10.1. The minimum atomic E-state index is -0.744. The number of hydrogen-bond donors (Lipinski definition) is 3. The number of hydrogen-bond acceptors (Lipinski definition) is 5. The molecule has 0 bridgehead atoms. The van der Waals surface area contributed by atoms with Crippen molar-refractivity contribution < 1.29 is 19.7 Å². The molecule has 0 aliphatic carbocycles. The zero-order valence-electron chi connectivity index (χ0n) is 10.1. The largest absolute Gasteiger partial charge is 0.493 e. The van der Waals surface area contributed by atoms with Crippen LogP contribution in [0.2, 0.25) is 0 Å². The first-order valence-corrected chi connectivity index (χ1v) is 5.42. The maximum atomic E-state index is 9.19. The van der Waals surface area contributed by atoms with Crippen LogP contribution in [-0.4, -0.2) is 43.7 Å². The molecule has 1 aromatic carbocycles. The van der Waals surface area contributed by atoms with Crippen LogP contribution < -0.4 is 14.8 Å². The van der Waals surface area contributed by atoms with E-state index in [0.717, 1.165) is 5.56 Å². The van der Waals surface area contributed by atoms with E-state index in [9.17, 15) is 5.11 Å². The summed E-state index contributed by atoms with van der Waals surface area (Å²) < 4.78 is 10.5. The summed E-state index contributed by atoms with van der Waals surface area (Å²) in [6, 6.07) is 5.62. The van der Waals surface area contributed by atoms with E-state index in [1.165, 1.54) is 0 Å². The van der Waals surface area contributed by atoms with Crippen molar-refractivity contribution in [3.8, 4) is 11.5 Å². The lowest BCUT2D eigenvalue weighted by molar-refractivity contribution is 0.0941. The molecule has 0 amide bonds. The van der Waals surface area contributed by atoms with E-state index in [0.29, 0.717) is 24.6 Å². The van der Waals surface area contributed by atoms with Gasteiger partial charge in [-0.2, -0.15) is 0 Å². The molecule has 5 heteroatoms. The number of aliphatic hydroxyl groups is 2. The van der Waals surface area contributed by atoms with Gasteiger partial charge in [0.05, 0.1) is 26.9 Å². The molecule has 1 rings (SSSR count). The van der Waals surface area contributed by atoms with Crippen molar-refractivity contribution >= 4 is 0 Å². The van der Waals surface area contributed by atoms with Crippen LogP contribution in [0.4, 0.5) is 0 Å². The van der Waals surface area contributed by atoms with Gasteiger partial charge in [0.25, 0.3) is 0 Å². The highest BCUT2D eigenvalue weighted by Gasteiger charge is 2.09. The van der Waals surface area contributed by atoms with Gasteiger partial charge in [-0.3, -0.25) is 0 Å². The van der Waals surface area contributed by atoms with Crippen LogP contribution in [0.25, 0.3) is 0 Å². The number of methoxy groups -OCH3 is 2. The lowest BCUT2D eigenvalue weighted by Crippen LogP contribution is -2.29. The van der Waals surface area contributed by atoms with Crippen LogP contribution in [0.15, 0.2) is 18.2 Å². The Morgan fingerprint density at radius 2 is 2.06 bits per heavy atom. The van der Waals surface area contributed by atoms with Crippen molar-refractivity contribution in [2.75, 3.05) is 27.4 Å². The summed E-state index contributed by atoms with van der Waals surface area (Å²) in [5.41, 5.74) is 0.942. The van der Waals surface area contributed by atoms with Crippen LogP contribution >= 0.6 is 0 Å². The molecular weight excluding hydrogens is 222 g/mol. The Morgan fingerprint density at radius 3 is 2.65 bits per heavy atom. The fourth-order valence-corrected chi connectivity index (χ4v) is 1.53. The third-order valence-electron chi connectivity index (χ3n) is 2.39. The normalized spacial score (nSPS) is 12.2. The van der Waals surface area contributed by atoms with Crippen molar-refractivity contribution in [3.63, 3.8) is 0 Å². The predicted octanol–water partition coefficient (Wildman–Crippen LogP) is 0.147. The lowest BCUT2D eigenvalue weighted by Gasteiger charge is -2.14. The molecule has 96 valence electrons. The molecule has 3 N–H and O–H groups in total. The van der Waals surface area contributed by atoms with E-state index >= 15 is 0 Å². The second-order valence-corrected chi connectivity index (χ2v) is 3.62. The molecule has 0 fully saturated rings. The second kappa shape index (κ2) is 7.11. The van der Waals surface area contributed by atoms with Gasteiger partial charge >= 0.3 is 0 Å². The van der Waals surface area contributed by atoms with Gasteiger partial charge in [0.2, 0.25) is 0 Å². The number of nitrogens with one attached hydrogen (secondary N) is 1. The average molecular weight is 241 g/mol. The van der Waals surface area contributed by atoms with Crippen LogP contribution in [0, 0.1) is 0 Å². The highest BCUT2D eigenvalue weighted by Crippen LogP contribution is 2.30. The SMILES string of the molecule is COc1cccc(CNCC(O)CO)c1OC. The maximum Gasteiger partial charge on any atom is 0.165 e. The van der Waals surface area contributed by atoms with Crippen LogP contribution in [0.1, 0.15) is 5.56 Å². The molecule has 0 heterocycles. The first-order chi connectivity index (χ1) is 8.22. The Hall–Kier alpha value is -1.30. The number of ether oxygens (including phenoxy) is 2. The predicted molar refractivity (Wildman–Crippen MR) is 64.3 cm³/mol. The van der Waals surface area contributed by atoms with Crippen molar-refractivity contribution in [1.82, 2.24) is 5.32 Å². The van der Waals surface area contributed by atoms with Gasteiger partial charge in [0.15, 0.2) is 11.5 Å². The Kier molecular flexibility index (Phi) is 5.76. The molecule has 0 aliphatic rings. The molecule has 1 atom stereocenters. The molecule has 5 nitrogen and oxygen atoms in total. The summed E-state index contributed by atoms with van der Waals surface area (Å²) >= 11 is 0. The summed E-state index contributed by atoms with van der Waals surface area (Å²) in [7, 11) is 3.18. The smallest absolute Gasteiger partial charge is 0.165 e. The van der Waals surface area contributed by atoms with Gasteiger partial charge in [-0.25, -0.2) is 0 Å². The minimum Gasteiger partial charge on any atom is -0.493 e. The monoisotopic (exact) mass is 241 g/mol. The van der Waals surface area contributed by atoms with E-state index in [1.54, 1.807) is 14.2 Å². The van der Waals surface area contributed by atoms with Crippen LogP contribution in [-0.2, 0) is 6.54 Å². The molecule has 1 unspecified atom stereocenters. The number of rotatable bonds is 7. The van der Waals surface area contributed by atoms with E-state index < -0.39 is 6.10 Å². The van der Waals surface area contributed by atoms with Crippen molar-refractivity contribution in [2.24, 2.45) is 0 Å². The number of benzene rings is 1. The third kappa shape index (κ3) is 3.89. The minimum absolute atomic E-state index is 0.248. The van der Waals surface area contributed by atoms with E-state index in [-0.39, 0.29) is 6.61 Å². The molecule has 0 aliphatic heterocycles. The van der Waals surface area contributed by atoms with Crippen molar-refractivity contribution in [2.45, 2.75) is 12.6 Å². The standard InChI is InChI=1S/C12H19NO4/c1-16-11-5-3-4-9(12(11)17-2)6-13-7-10(15)8-14/h3-5,10,13-15H,6-8H2,1-2H3. The van der Waals surface area contributed by atoms with E-state index in [4.69, 9.17) is 14.6 Å². The van der Waals surface area contributed by atoms with Gasteiger partial charge in [-0.1, -0.05) is 12.1 Å². The van der Waals surface area contributed by atoms with Crippen molar-refractivity contribution in [1.29, 1.82) is 0 Å². The van der Waals surface area contributed by atoms with Gasteiger partial charge in [-0.15, -0.1) is 0 Å². The highest BCUT2D eigenvalue weighted by molar-refractivity contribution is 5.46. The van der Waals surface area contributed by atoms with Gasteiger partial charge < -0.3 is 25.0 Å². The second-order valence-electron chi connectivity index (χ2n) is 3.62. The highest BCUT2D eigenvalue weighted by atomic mass is 16.5. The quantitative estimate of drug-likeness (QED) is 0.633. The fraction of sp³-hybridized carbons (Fsp3) is 0.500. The Balaban J connectivity index is 2.64. The zero-order chi connectivity index (χ0) is 12.7. The van der Waals surface area contributed by atoms with Gasteiger partial charge in [-0.05, 0) is 6.07 Å². The molecule has 0 saturated carbocycles. The molecule has 0 radical (unpaired) electrons.